The summed E-state index contributed by atoms with van der Waals surface area (Å²) in [5.74, 6) is 0.385. The maximum Gasteiger partial charge on any atom is 0.240 e. The highest BCUT2D eigenvalue weighted by atomic mass is 16.5. The van der Waals surface area contributed by atoms with Crippen LogP contribution in [0.1, 0.15) is 32.1 Å². The predicted octanol–water partition coefficient (Wildman–Crippen LogP) is 0.780. The third-order valence-corrected chi connectivity index (χ3v) is 4.18. The first-order valence-electron chi connectivity index (χ1n) is 8.50. The number of hydrogen-bond donors (Lipinski definition) is 2. The summed E-state index contributed by atoms with van der Waals surface area (Å²) < 4.78 is 11.3. The third kappa shape index (κ3) is 5.25. The van der Waals surface area contributed by atoms with Gasteiger partial charge in [-0.15, -0.1) is 0 Å². The molecule has 0 unspecified atom stereocenters. The van der Waals surface area contributed by atoms with E-state index in [2.05, 4.69) is 20.8 Å². The SMILES string of the molecule is O=C1CCC(CCC(=O)N[C@@H]2CCOC[C@H]2Oc2ccccn2)=NN1. The van der Waals surface area contributed by atoms with Gasteiger partial charge in [0.15, 0.2) is 0 Å². The molecule has 1 aromatic heterocycles. The van der Waals surface area contributed by atoms with E-state index in [1.54, 1.807) is 12.3 Å². The molecule has 0 bridgehead atoms. The maximum atomic E-state index is 12.3. The summed E-state index contributed by atoms with van der Waals surface area (Å²) in [7, 11) is 0. The van der Waals surface area contributed by atoms with Crippen molar-refractivity contribution in [3.63, 3.8) is 0 Å². The van der Waals surface area contributed by atoms with Crippen molar-refractivity contribution in [2.45, 2.75) is 44.2 Å². The molecule has 3 rings (SSSR count). The van der Waals surface area contributed by atoms with Crippen LogP contribution in [0.3, 0.4) is 0 Å². The number of rotatable bonds is 6. The van der Waals surface area contributed by atoms with Gasteiger partial charge in [-0.05, 0) is 25.3 Å². The normalized spacial score (nSPS) is 23.4. The first-order valence-corrected chi connectivity index (χ1v) is 8.50. The topological polar surface area (TPSA) is 102 Å². The quantitative estimate of drug-likeness (QED) is 0.792. The number of carbonyl (C=O) groups is 2. The molecule has 1 saturated heterocycles. The predicted molar refractivity (Wildman–Crippen MR) is 90.1 cm³/mol. The average molecular weight is 346 g/mol. The van der Waals surface area contributed by atoms with Gasteiger partial charge in [0.2, 0.25) is 17.7 Å². The van der Waals surface area contributed by atoms with Crippen LogP contribution < -0.4 is 15.5 Å². The summed E-state index contributed by atoms with van der Waals surface area (Å²) >= 11 is 0. The monoisotopic (exact) mass is 346 g/mol. The van der Waals surface area contributed by atoms with E-state index < -0.39 is 0 Å². The van der Waals surface area contributed by atoms with E-state index >= 15 is 0 Å². The van der Waals surface area contributed by atoms with Crippen molar-refractivity contribution in [3.05, 3.63) is 24.4 Å². The fourth-order valence-corrected chi connectivity index (χ4v) is 2.79. The standard InChI is InChI=1S/C17H22N4O4/c22-15(6-4-12-5-7-16(23)21-20-12)19-13-8-10-24-11-14(13)25-17-3-1-2-9-18-17/h1-3,9,13-14H,4-8,10-11H2,(H,19,22)(H,21,23)/t13-,14-/m1/s1. The maximum absolute atomic E-state index is 12.3. The molecule has 2 aliphatic rings. The van der Waals surface area contributed by atoms with Crippen LogP contribution >= 0.6 is 0 Å². The Morgan fingerprint density at radius 1 is 1.40 bits per heavy atom. The zero-order valence-corrected chi connectivity index (χ0v) is 13.9. The second-order valence-corrected chi connectivity index (χ2v) is 6.07. The zero-order valence-electron chi connectivity index (χ0n) is 13.9. The summed E-state index contributed by atoms with van der Waals surface area (Å²) in [6.07, 6.45) is 4.02. The van der Waals surface area contributed by atoms with E-state index in [1.165, 1.54) is 0 Å². The Labute approximate surface area is 146 Å². The van der Waals surface area contributed by atoms with Crippen LogP contribution in [0.15, 0.2) is 29.5 Å². The molecule has 2 atom stereocenters. The highest BCUT2D eigenvalue weighted by Crippen LogP contribution is 2.16. The molecule has 8 nitrogen and oxygen atoms in total. The van der Waals surface area contributed by atoms with Crippen molar-refractivity contribution < 1.29 is 19.1 Å². The van der Waals surface area contributed by atoms with Gasteiger partial charge in [0.1, 0.15) is 6.10 Å². The Morgan fingerprint density at radius 2 is 2.32 bits per heavy atom. The van der Waals surface area contributed by atoms with Crippen molar-refractivity contribution in [2.24, 2.45) is 5.10 Å². The highest BCUT2D eigenvalue weighted by molar-refractivity contribution is 5.94. The smallest absolute Gasteiger partial charge is 0.240 e. The minimum Gasteiger partial charge on any atom is -0.470 e. The van der Waals surface area contributed by atoms with Gasteiger partial charge >= 0.3 is 0 Å². The molecule has 2 amide bonds. The second-order valence-electron chi connectivity index (χ2n) is 6.07. The van der Waals surface area contributed by atoms with E-state index in [1.807, 2.05) is 12.1 Å². The summed E-state index contributed by atoms with van der Waals surface area (Å²) in [6.45, 7) is 1.01. The van der Waals surface area contributed by atoms with Crippen LogP contribution in [-0.4, -0.2) is 47.9 Å². The fourth-order valence-electron chi connectivity index (χ4n) is 2.79. The number of nitrogens with zero attached hydrogens (tertiary/aromatic N) is 2. The van der Waals surface area contributed by atoms with Crippen LogP contribution in [0.4, 0.5) is 0 Å². The molecule has 0 saturated carbocycles. The average Bonchev–Trinajstić information content (AvgIpc) is 2.64. The molecule has 0 aromatic carbocycles. The van der Waals surface area contributed by atoms with E-state index in [9.17, 15) is 9.59 Å². The van der Waals surface area contributed by atoms with Gasteiger partial charge in [-0.2, -0.15) is 5.10 Å². The zero-order chi connectivity index (χ0) is 17.5. The summed E-state index contributed by atoms with van der Waals surface area (Å²) in [5.41, 5.74) is 3.30. The number of carbonyl (C=O) groups excluding carboxylic acids is 2. The van der Waals surface area contributed by atoms with E-state index in [0.717, 1.165) is 5.71 Å². The van der Waals surface area contributed by atoms with Crippen LogP contribution in [0.2, 0.25) is 0 Å². The number of aromatic nitrogens is 1. The Bertz CT molecular complexity index is 635. The first-order chi connectivity index (χ1) is 12.2. The lowest BCUT2D eigenvalue weighted by molar-refractivity contribution is -0.123. The van der Waals surface area contributed by atoms with Crippen LogP contribution in [-0.2, 0) is 14.3 Å². The van der Waals surface area contributed by atoms with Gasteiger partial charge in [0.05, 0.1) is 12.6 Å². The largest absolute Gasteiger partial charge is 0.470 e. The fraction of sp³-hybridized carbons (Fsp3) is 0.529. The number of ether oxygens (including phenoxy) is 2. The summed E-state index contributed by atoms with van der Waals surface area (Å²) in [5, 5.41) is 7.01. The second kappa shape index (κ2) is 8.57. The molecule has 0 spiro atoms. The van der Waals surface area contributed by atoms with Crippen molar-refractivity contribution in [2.75, 3.05) is 13.2 Å². The Kier molecular flexibility index (Phi) is 5.95. The van der Waals surface area contributed by atoms with E-state index in [-0.39, 0.29) is 24.0 Å². The molecule has 0 radical (unpaired) electrons. The Balaban J connectivity index is 1.49. The number of pyridine rings is 1. The first kappa shape index (κ1) is 17.3. The number of hydrogen-bond acceptors (Lipinski definition) is 6. The molecule has 2 aliphatic heterocycles. The minimum atomic E-state index is -0.265. The van der Waals surface area contributed by atoms with Crippen molar-refractivity contribution in [1.82, 2.24) is 15.7 Å². The molecular formula is C17H22N4O4. The highest BCUT2D eigenvalue weighted by Gasteiger charge is 2.29. The molecule has 1 fully saturated rings. The Hall–Kier alpha value is -2.48. The van der Waals surface area contributed by atoms with Gasteiger partial charge in [-0.1, -0.05) is 6.07 Å². The lowest BCUT2D eigenvalue weighted by atomic mass is 10.0. The number of nitrogens with one attached hydrogen (secondary N) is 2. The van der Waals surface area contributed by atoms with Gasteiger partial charge in [-0.25, -0.2) is 10.4 Å². The lowest BCUT2D eigenvalue weighted by Crippen LogP contribution is -2.51. The third-order valence-electron chi connectivity index (χ3n) is 4.18. The van der Waals surface area contributed by atoms with Gasteiger partial charge in [0.25, 0.3) is 0 Å². The van der Waals surface area contributed by atoms with Crippen LogP contribution in [0.25, 0.3) is 0 Å². The molecular weight excluding hydrogens is 324 g/mol. The van der Waals surface area contributed by atoms with Gasteiger partial charge in [-0.3, -0.25) is 9.59 Å². The van der Waals surface area contributed by atoms with Crippen LogP contribution in [0, 0.1) is 0 Å². The van der Waals surface area contributed by atoms with Gasteiger partial charge < -0.3 is 14.8 Å². The van der Waals surface area contributed by atoms with E-state index in [4.69, 9.17) is 9.47 Å². The lowest BCUT2D eigenvalue weighted by Gasteiger charge is -2.32. The van der Waals surface area contributed by atoms with Crippen molar-refractivity contribution in [3.8, 4) is 5.88 Å². The molecule has 0 aliphatic carbocycles. The minimum absolute atomic E-state index is 0.0545. The van der Waals surface area contributed by atoms with Crippen LogP contribution in [0.5, 0.6) is 5.88 Å². The molecule has 25 heavy (non-hydrogen) atoms. The molecule has 1 aromatic rings. The Morgan fingerprint density at radius 3 is 3.08 bits per heavy atom. The summed E-state index contributed by atoms with van der Waals surface area (Å²) in [6, 6.07) is 5.34. The van der Waals surface area contributed by atoms with Crippen molar-refractivity contribution >= 4 is 17.5 Å². The molecule has 2 N–H and O–H groups in total. The molecule has 8 heteroatoms. The number of amides is 2. The van der Waals surface area contributed by atoms with E-state index in [0.29, 0.717) is 51.2 Å². The summed E-state index contributed by atoms with van der Waals surface area (Å²) in [4.78, 5) is 27.5. The number of hydrazone groups is 1. The molecule has 134 valence electrons. The van der Waals surface area contributed by atoms with Crippen molar-refractivity contribution in [1.29, 1.82) is 0 Å². The molecule has 3 heterocycles. The van der Waals surface area contributed by atoms with Gasteiger partial charge in [0, 0.05) is 37.4 Å².